The maximum absolute atomic E-state index is 12.1. The zero-order valence-corrected chi connectivity index (χ0v) is 11.2. The first-order valence-corrected chi connectivity index (χ1v) is 6.54. The predicted molar refractivity (Wildman–Crippen MR) is 67.6 cm³/mol. The van der Waals surface area contributed by atoms with Gasteiger partial charge in [0.1, 0.15) is 6.54 Å². The highest BCUT2D eigenvalue weighted by Gasteiger charge is 2.27. The molecule has 0 radical (unpaired) electrons. The van der Waals surface area contributed by atoms with Crippen molar-refractivity contribution in [2.45, 2.75) is 6.92 Å². The Morgan fingerprint density at radius 1 is 1.44 bits per heavy atom. The maximum Gasteiger partial charge on any atom is 0.285 e. The molecule has 2 rings (SSSR count). The number of hydrogen-bond donors (Lipinski definition) is 1. The summed E-state index contributed by atoms with van der Waals surface area (Å²) in [4.78, 5) is 26.8. The predicted octanol–water partition coefficient (Wildman–Crippen LogP) is -0.116. The van der Waals surface area contributed by atoms with Gasteiger partial charge in [0, 0.05) is 26.7 Å². The fraction of sp³-hybridized carbons (Fsp3) is 0.600. The fourth-order valence-electron chi connectivity index (χ4n) is 1.60. The molecule has 98 valence electrons. The van der Waals surface area contributed by atoms with Gasteiger partial charge in [0.25, 0.3) is 5.91 Å². The van der Waals surface area contributed by atoms with Crippen LogP contribution >= 0.6 is 11.3 Å². The molecule has 1 aliphatic heterocycles. The van der Waals surface area contributed by atoms with Crippen LogP contribution in [0, 0.1) is 0 Å². The molecule has 0 bridgehead atoms. The average molecular weight is 269 g/mol. The standard InChI is InChI=1S/C10H15N5O2S/c1-3-11-10-13-12-8(18-10)9(17)15-5-4-14(2)7(16)6-15/h3-6H2,1-2H3,(H,11,13). The molecule has 1 aromatic heterocycles. The summed E-state index contributed by atoms with van der Waals surface area (Å²) in [5.74, 6) is -0.274. The number of carbonyl (C=O) groups is 2. The Balaban J connectivity index is 2.04. The molecule has 8 heteroatoms. The van der Waals surface area contributed by atoms with Crippen molar-refractivity contribution >= 4 is 28.3 Å². The lowest BCUT2D eigenvalue weighted by Crippen LogP contribution is -2.50. The van der Waals surface area contributed by atoms with Crippen molar-refractivity contribution < 1.29 is 9.59 Å². The second-order valence-corrected chi connectivity index (χ2v) is 4.96. The number of amides is 2. The molecular weight excluding hydrogens is 254 g/mol. The van der Waals surface area contributed by atoms with Gasteiger partial charge in [-0.2, -0.15) is 0 Å². The summed E-state index contributed by atoms with van der Waals surface area (Å²) in [5.41, 5.74) is 0. The number of aromatic nitrogens is 2. The number of hydrogen-bond acceptors (Lipinski definition) is 6. The molecule has 18 heavy (non-hydrogen) atoms. The van der Waals surface area contributed by atoms with E-state index in [-0.39, 0.29) is 18.4 Å². The molecular formula is C10H15N5O2S. The normalized spacial score (nSPS) is 16.0. The first-order valence-electron chi connectivity index (χ1n) is 5.72. The van der Waals surface area contributed by atoms with E-state index >= 15 is 0 Å². The molecule has 0 atom stereocenters. The quantitative estimate of drug-likeness (QED) is 0.828. The van der Waals surface area contributed by atoms with E-state index in [0.717, 1.165) is 6.54 Å². The first-order chi connectivity index (χ1) is 8.61. The van der Waals surface area contributed by atoms with Crippen LogP contribution in [-0.4, -0.2) is 65.0 Å². The third-order valence-electron chi connectivity index (χ3n) is 2.68. The Morgan fingerprint density at radius 3 is 2.89 bits per heavy atom. The third-order valence-corrected chi connectivity index (χ3v) is 3.55. The van der Waals surface area contributed by atoms with Gasteiger partial charge in [0.05, 0.1) is 0 Å². The number of likely N-dealkylation sites (N-methyl/N-ethyl adjacent to an activating group) is 1. The highest BCUT2D eigenvalue weighted by molar-refractivity contribution is 7.17. The van der Waals surface area contributed by atoms with E-state index in [0.29, 0.717) is 23.2 Å². The van der Waals surface area contributed by atoms with E-state index in [1.165, 1.54) is 16.2 Å². The number of anilines is 1. The molecule has 0 unspecified atom stereocenters. The van der Waals surface area contributed by atoms with Crippen LogP contribution in [0.2, 0.25) is 0 Å². The smallest absolute Gasteiger partial charge is 0.285 e. The van der Waals surface area contributed by atoms with Crippen LogP contribution in [0.1, 0.15) is 16.7 Å². The van der Waals surface area contributed by atoms with Gasteiger partial charge < -0.3 is 15.1 Å². The molecule has 0 spiro atoms. The lowest BCUT2D eigenvalue weighted by molar-refractivity contribution is -0.133. The van der Waals surface area contributed by atoms with E-state index in [1.807, 2.05) is 6.92 Å². The fourth-order valence-corrected chi connectivity index (χ4v) is 2.38. The number of rotatable bonds is 3. The molecule has 1 N–H and O–H groups in total. The van der Waals surface area contributed by atoms with E-state index in [9.17, 15) is 9.59 Å². The molecule has 2 amide bonds. The molecule has 1 aliphatic rings. The van der Waals surface area contributed by atoms with E-state index in [2.05, 4.69) is 15.5 Å². The molecule has 1 fully saturated rings. The van der Waals surface area contributed by atoms with Crippen molar-refractivity contribution in [1.82, 2.24) is 20.0 Å². The summed E-state index contributed by atoms with van der Waals surface area (Å²) in [6.07, 6.45) is 0. The lowest BCUT2D eigenvalue weighted by Gasteiger charge is -2.31. The molecule has 7 nitrogen and oxygen atoms in total. The minimum atomic E-state index is -0.224. The SMILES string of the molecule is CCNc1nnc(C(=O)N2CCN(C)C(=O)C2)s1. The minimum Gasteiger partial charge on any atom is -0.360 e. The summed E-state index contributed by atoms with van der Waals surface area (Å²) in [7, 11) is 1.73. The molecule has 1 saturated heterocycles. The zero-order chi connectivity index (χ0) is 13.1. The largest absolute Gasteiger partial charge is 0.360 e. The van der Waals surface area contributed by atoms with E-state index < -0.39 is 0 Å². The number of nitrogens with one attached hydrogen (secondary N) is 1. The first kappa shape index (κ1) is 12.7. The van der Waals surface area contributed by atoms with Gasteiger partial charge in [-0.05, 0) is 6.92 Å². The molecule has 1 aromatic rings. The van der Waals surface area contributed by atoms with Gasteiger partial charge in [-0.25, -0.2) is 0 Å². The third kappa shape index (κ3) is 2.58. The summed E-state index contributed by atoms with van der Waals surface area (Å²) < 4.78 is 0. The van der Waals surface area contributed by atoms with Gasteiger partial charge in [0.2, 0.25) is 16.0 Å². The summed E-state index contributed by atoms with van der Waals surface area (Å²) in [6, 6.07) is 0. The number of carbonyl (C=O) groups excluding carboxylic acids is 2. The summed E-state index contributed by atoms with van der Waals surface area (Å²) in [6.45, 7) is 3.89. The number of nitrogens with zero attached hydrogens (tertiary/aromatic N) is 4. The molecule has 0 aliphatic carbocycles. The van der Waals surface area contributed by atoms with Gasteiger partial charge in [-0.3, -0.25) is 9.59 Å². The van der Waals surface area contributed by atoms with Crippen LogP contribution in [0.15, 0.2) is 0 Å². The van der Waals surface area contributed by atoms with Crippen molar-refractivity contribution in [1.29, 1.82) is 0 Å². The maximum atomic E-state index is 12.1. The second kappa shape index (κ2) is 5.30. The van der Waals surface area contributed by atoms with Crippen LogP contribution < -0.4 is 5.32 Å². The molecule has 0 aromatic carbocycles. The Kier molecular flexibility index (Phi) is 3.75. The van der Waals surface area contributed by atoms with Crippen LogP contribution in [0.25, 0.3) is 0 Å². The number of piperazine rings is 1. The molecule has 0 saturated carbocycles. The van der Waals surface area contributed by atoms with Gasteiger partial charge >= 0.3 is 0 Å². The Hall–Kier alpha value is -1.70. The van der Waals surface area contributed by atoms with Crippen LogP contribution in [0.3, 0.4) is 0 Å². The van der Waals surface area contributed by atoms with Crippen molar-refractivity contribution in [3.05, 3.63) is 5.01 Å². The van der Waals surface area contributed by atoms with Gasteiger partial charge in [0.15, 0.2) is 0 Å². The van der Waals surface area contributed by atoms with E-state index in [1.54, 1.807) is 11.9 Å². The topological polar surface area (TPSA) is 78.4 Å². The highest BCUT2D eigenvalue weighted by atomic mass is 32.1. The van der Waals surface area contributed by atoms with Crippen molar-refractivity contribution in [2.24, 2.45) is 0 Å². The van der Waals surface area contributed by atoms with Gasteiger partial charge in [-0.15, -0.1) is 10.2 Å². The van der Waals surface area contributed by atoms with Crippen LogP contribution in [0.5, 0.6) is 0 Å². The van der Waals surface area contributed by atoms with Crippen molar-refractivity contribution in [3.63, 3.8) is 0 Å². The highest BCUT2D eigenvalue weighted by Crippen LogP contribution is 2.17. The Labute approximate surface area is 109 Å². The van der Waals surface area contributed by atoms with Crippen molar-refractivity contribution in [3.8, 4) is 0 Å². The van der Waals surface area contributed by atoms with Crippen LogP contribution in [-0.2, 0) is 4.79 Å². The second-order valence-electron chi connectivity index (χ2n) is 3.98. The zero-order valence-electron chi connectivity index (χ0n) is 10.3. The van der Waals surface area contributed by atoms with Crippen LogP contribution in [0.4, 0.5) is 5.13 Å². The average Bonchev–Trinajstić information content (AvgIpc) is 2.81. The van der Waals surface area contributed by atoms with Crippen molar-refractivity contribution in [2.75, 3.05) is 38.5 Å². The summed E-state index contributed by atoms with van der Waals surface area (Å²) in [5, 5.41) is 11.7. The lowest BCUT2D eigenvalue weighted by atomic mass is 10.3. The minimum absolute atomic E-state index is 0.0500. The Bertz CT molecular complexity index is 461. The van der Waals surface area contributed by atoms with Gasteiger partial charge in [-0.1, -0.05) is 11.3 Å². The monoisotopic (exact) mass is 269 g/mol. The molecule has 2 heterocycles. The summed E-state index contributed by atoms with van der Waals surface area (Å²) >= 11 is 1.21. The Morgan fingerprint density at radius 2 is 2.22 bits per heavy atom. The van der Waals surface area contributed by atoms with E-state index in [4.69, 9.17) is 0 Å².